The van der Waals surface area contributed by atoms with Gasteiger partial charge in [0.15, 0.2) is 11.5 Å². The molecule has 7 heteroatoms. The second-order valence-electron chi connectivity index (χ2n) is 9.98. The molecular weight excluding hydrogens is 420 g/mol. The number of ether oxygens (including phenoxy) is 3. The van der Waals surface area contributed by atoms with E-state index in [9.17, 15) is 9.90 Å². The summed E-state index contributed by atoms with van der Waals surface area (Å²) < 4.78 is 16.8. The Labute approximate surface area is 197 Å². The number of hydrogen-bond donors (Lipinski definition) is 2. The van der Waals surface area contributed by atoms with Crippen molar-refractivity contribution in [2.24, 2.45) is 5.92 Å². The van der Waals surface area contributed by atoms with Gasteiger partial charge in [-0.05, 0) is 49.8 Å². The van der Waals surface area contributed by atoms with Gasteiger partial charge in [-0.15, -0.1) is 0 Å². The molecule has 0 bridgehead atoms. The van der Waals surface area contributed by atoms with Crippen molar-refractivity contribution < 1.29 is 24.1 Å². The Bertz CT molecular complexity index is 800. The van der Waals surface area contributed by atoms with Crippen LogP contribution in [0.5, 0.6) is 17.2 Å². The minimum absolute atomic E-state index is 0.0605. The van der Waals surface area contributed by atoms with Crippen LogP contribution in [-0.4, -0.2) is 62.0 Å². The summed E-state index contributed by atoms with van der Waals surface area (Å²) in [7, 11) is 4.84. The summed E-state index contributed by atoms with van der Waals surface area (Å²) in [4.78, 5) is 15.3. The van der Waals surface area contributed by atoms with Crippen molar-refractivity contribution in [2.45, 2.75) is 81.9 Å². The summed E-state index contributed by atoms with van der Waals surface area (Å²) in [5, 5.41) is 14.8. The molecule has 7 nitrogen and oxygen atoms in total. The minimum Gasteiger partial charge on any atom is -0.493 e. The van der Waals surface area contributed by atoms with E-state index in [1.54, 1.807) is 21.3 Å². The van der Waals surface area contributed by atoms with Crippen LogP contribution in [0.4, 0.5) is 0 Å². The first-order chi connectivity index (χ1) is 16.0. The third-order valence-electron chi connectivity index (χ3n) is 8.02. The van der Waals surface area contributed by atoms with Gasteiger partial charge in [0.25, 0.3) is 0 Å². The van der Waals surface area contributed by atoms with Crippen LogP contribution in [0, 0.1) is 5.92 Å². The van der Waals surface area contributed by atoms with Crippen LogP contribution in [0.1, 0.15) is 75.8 Å². The topological polar surface area (TPSA) is 80.3 Å². The van der Waals surface area contributed by atoms with Gasteiger partial charge in [-0.3, -0.25) is 9.69 Å². The second kappa shape index (κ2) is 10.5. The van der Waals surface area contributed by atoms with Crippen molar-refractivity contribution in [3.8, 4) is 17.2 Å². The molecule has 0 unspecified atom stereocenters. The van der Waals surface area contributed by atoms with E-state index in [-0.39, 0.29) is 17.9 Å². The average molecular weight is 461 g/mol. The number of hydrogen-bond acceptors (Lipinski definition) is 6. The standard InChI is InChI=1S/C26H40N2O5/c1-31-21-15-18(16-22(32-2)25(21)33-3)24-20-11-7-8-12-26(20,30)13-14-28(24)17-23(29)27-19-9-5-4-6-10-19/h15-16,19-20,24,30H,4-14,17H2,1-3H3,(H,27,29)/t20-,24-,26+/m0/s1. The van der Waals surface area contributed by atoms with Gasteiger partial charge in [-0.1, -0.05) is 32.1 Å². The number of aliphatic hydroxyl groups is 1. The van der Waals surface area contributed by atoms with E-state index in [1.165, 1.54) is 19.3 Å². The smallest absolute Gasteiger partial charge is 0.234 e. The Balaban J connectivity index is 1.64. The van der Waals surface area contributed by atoms with Crippen LogP contribution in [0.15, 0.2) is 12.1 Å². The molecule has 0 aromatic heterocycles. The number of benzene rings is 1. The molecule has 1 saturated heterocycles. The molecule has 0 spiro atoms. The van der Waals surface area contributed by atoms with Gasteiger partial charge in [-0.25, -0.2) is 0 Å². The van der Waals surface area contributed by atoms with Crippen molar-refractivity contribution in [1.82, 2.24) is 10.2 Å². The van der Waals surface area contributed by atoms with Crippen molar-refractivity contribution in [2.75, 3.05) is 34.4 Å². The fourth-order valence-electron chi connectivity index (χ4n) is 6.34. The maximum absolute atomic E-state index is 13.1. The van der Waals surface area contributed by atoms with Gasteiger partial charge < -0.3 is 24.6 Å². The highest BCUT2D eigenvalue weighted by Gasteiger charge is 2.49. The lowest BCUT2D eigenvalue weighted by Crippen LogP contribution is -2.56. The molecule has 2 aliphatic carbocycles. The maximum Gasteiger partial charge on any atom is 0.234 e. The number of carbonyl (C=O) groups excluding carboxylic acids is 1. The quantitative estimate of drug-likeness (QED) is 0.644. The average Bonchev–Trinajstić information content (AvgIpc) is 2.83. The molecule has 184 valence electrons. The van der Waals surface area contributed by atoms with Gasteiger partial charge in [0.1, 0.15) is 0 Å². The van der Waals surface area contributed by atoms with Crippen molar-refractivity contribution >= 4 is 5.91 Å². The highest BCUT2D eigenvalue weighted by Crippen LogP contribution is 2.51. The summed E-state index contributed by atoms with van der Waals surface area (Å²) in [5.74, 6) is 1.90. The fourth-order valence-corrected chi connectivity index (χ4v) is 6.34. The number of piperidine rings is 1. The predicted octanol–water partition coefficient (Wildman–Crippen LogP) is 3.83. The Hall–Kier alpha value is -1.99. The Kier molecular flexibility index (Phi) is 7.69. The minimum atomic E-state index is -0.695. The first kappa shape index (κ1) is 24.1. The molecule has 4 rings (SSSR count). The van der Waals surface area contributed by atoms with Crippen LogP contribution in [0.2, 0.25) is 0 Å². The first-order valence-corrected chi connectivity index (χ1v) is 12.5. The van der Waals surface area contributed by atoms with Crippen LogP contribution in [0.3, 0.4) is 0 Å². The Morgan fingerprint density at radius 2 is 1.67 bits per heavy atom. The molecule has 1 aromatic carbocycles. The van der Waals surface area contributed by atoms with Crippen LogP contribution >= 0.6 is 0 Å². The lowest BCUT2D eigenvalue weighted by Gasteiger charge is -2.52. The van der Waals surface area contributed by atoms with E-state index in [2.05, 4.69) is 10.2 Å². The van der Waals surface area contributed by atoms with Gasteiger partial charge >= 0.3 is 0 Å². The van der Waals surface area contributed by atoms with Crippen molar-refractivity contribution in [3.63, 3.8) is 0 Å². The van der Waals surface area contributed by atoms with E-state index in [0.717, 1.165) is 44.1 Å². The molecule has 0 radical (unpaired) electrons. The number of rotatable bonds is 7. The molecule has 3 fully saturated rings. The zero-order valence-corrected chi connectivity index (χ0v) is 20.4. The van der Waals surface area contributed by atoms with Crippen LogP contribution in [0.25, 0.3) is 0 Å². The van der Waals surface area contributed by atoms with Gasteiger partial charge in [0.2, 0.25) is 11.7 Å². The summed E-state index contributed by atoms with van der Waals surface area (Å²) in [6.45, 7) is 1.02. The molecule has 1 amide bonds. The molecule has 1 aromatic rings. The van der Waals surface area contributed by atoms with Gasteiger partial charge in [0.05, 0.1) is 33.5 Å². The zero-order valence-electron chi connectivity index (χ0n) is 20.4. The molecule has 2 saturated carbocycles. The van der Waals surface area contributed by atoms with Crippen LogP contribution < -0.4 is 19.5 Å². The summed E-state index contributed by atoms with van der Waals surface area (Å²) in [5.41, 5.74) is 0.305. The zero-order chi connectivity index (χ0) is 23.4. The Morgan fingerprint density at radius 1 is 1.00 bits per heavy atom. The number of methoxy groups -OCH3 is 3. The molecule has 3 atom stereocenters. The van der Waals surface area contributed by atoms with E-state index in [0.29, 0.717) is 42.8 Å². The van der Waals surface area contributed by atoms with E-state index >= 15 is 0 Å². The molecule has 33 heavy (non-hydrogen) atoms. The number of carbonyl (C=O) groups is 1. The number of nitrogens with zero attached hydrogens (tertiary/aromatic N) is 1. The largest absolute Gasteiger partial charge is 0.493 e. The normalized spacial score (nSPS) is 28.6. The fraction of sp³-hybridized carbons (Fsp3) is 0.731. The third kappa shape index (κ3) is 5.09. The number of nitrogens with one attached hydrogen (secondary N) is 1. The molecular formula is C26H40N2O5. The molecule has 2 N–H and O–H groups in total. The molecule has 1 heterocycles. The lowest BCUT2D eigenvalue weighted by atomic mass is 9.66. The van der Waals surface area contributed by atoms with E-state index < -0.39 is 5.60 Å². The second-order valence-corrected chi connectivity index (χ2v) is 9.98. The predicted molar refractivity (Wildman–Crippen MR) is 127 cm³/mol. The summed E-state index contributed by atoms with van der Waals surface area (Å²) >= 11 is 0. The maximum atomic E-state index is 13.1. The van der Waals surface area contributed by atoms with E-state index in [4.69, 9.17) is 14.2 Å². The van der Waals surface area contributed by atoms with Gasteiger partial charge in [0, 0.05) is 24.5 Å². The number of fused-ring (bicyclic) bond motifs is 1. The Morgan fingerprint density at radius 3 is 2.30 bits per heavy atom. The molecule has 3 aliphatic rings. The SMILES string of the molecule is COc1cc([C@H]2[C@@H]3CCCC[C@@]3(O)CCN2CC(=O)NC2CCCCC2)cc(OC)c1OC. The van der Waals surface area contributed by atoms with Crippen molar-refractivity contribution in [1.29, 1.82) is 0 Å². The summed E-state index contributed by atoms with van der Waals surface area (Å²) in [6.07, 6.45) is 10.4. The first-order valence-electron chi connectivity index (χ1n) is 12.5. The number of likely N-dealkylation sites (tertiary alicyclic amines) is 1. The van der Waals surface area contributed by atoms with E-state index in [1.807, 2.05) is 12.1 Å². The monoisotopic (exact) mass is 460 g/mol. The lowest BCUT2D eigenvalue weighted by molar-refractivity contribution is -0.138. The van der Waals surface area contributed by atoms with Crippen molar-refractivity contribution in [3.05, 3.63) is 17.7 Å². The summed E-state index contributed by atoms with van der Waals surface area (Å²) in [6, 6.07) is 4.17. The molecule has 1 aliphatic heterocycles. The third-order valence-corrected chi connectivity index (χ3v) is 8.02. The highest BCUT2D eigenvalue weighted by atomic mass is 16.5. The highest BCUT2D eigenvalue weighted by molar-refractivity contribution is 5.78. The number of amides is 1. The van der Waals surface area contributed by atoms with Crippen LogP contribution in [-0.2, 0) is 4.79 Å². The van der Waals surface area contributed by atoms with Gasteiger partial charge in [-0.2, -0.15) is 0 Å².